The molecule has 0 aliphatic carbocycles. The molecule has 0 spiro atoms. The molecule has 0 bridgehead atoms. The molecule has 0 saturated heterocycles. The summed E-state index contributed by atoms with van der Waals surface area (Å²) in [6.45, 7) is 3.77. The predicted molar refractivity (Wildman–Crippen MR) is 84.1 cm³/mol. The lowest BCUT2D eigenvalue weighted by molar-refractivity contribution is 0.0955. The third-order valence-electron chi connectivity index (χ3n) is 2.92. The monoisotopic (exact) mass is 302 g/mol. The van der Waals surface area contributed by atoms with Gasteiger partial charge in [0.2, 0.25) is 0 Å². The highest BCUT2D eigenvalue weighted by molar-refractivity contribution is 6.33. The van der Waals surface area contributed by atoms with Gasteiger partial charge in [0.1, 0.15) is 5.75 Å². The molecule has 21 heavy (non-hydrogen) atoms. The minimum absolute atomic E-state index is 0.112. The molecule has 108 valence electrons. The first-order chi connectivity index (χ1) is 9.97. The van der Waals surface area contributed by atoms with Crippen molar-refractivity contribution in [2.75, 3.05) is 0 Å². The average molecular weight is 303 g/mol. The molecule has 0 fully saturated rings. The first kappa shape index (κ1) is 15.1. The van der Waals surface area contributed by atoms with E-state index in [1.807, 2.05) is 19.9 Å². The fourth-order valence-electron chi connectivity index (χ4n) is 1.79. The highest BCUT2D eigenvalue weighted by Gasteiger charge is 2.09. The van der Waals surface area contributed by atoms with Crippen LogP contribution < -0.4 is 5.43 Å². The Kier molecular flexibility index (Phi) is 4.60. The fraction of sp³-hybridized carbons (Fsp3) is 0.125. The van der Waals surface area contributed by atoms with Crippen molar-refractivity contribution < 1.29 is 9.90 Å². The van der Waals surface area contributed by atoms with Crippen LogP contribution in [0.2, 0.25) is 5.02 Å². The molecule has 5 heteroatoms. The van der Waals surface area contributed by atoms with Gasteiger partial charge in [-0.2, -0.15) is 5.10 Å². The van der Waals surface area contributed by atoms with E-state index in [9.17, 15) is 9.90 Å². The highest BCUT2D eigenvalue weighted by Crippen LogP contribution is 2.18. The van der Waals surface area contributed by atoms with Crippen LogP contribution in [0.15, 0.2) is 41.5 Å². The van der Waals surface area contributed by atoms with Gasteiger partial charge in [0.15, 0.2) is 0 Å². The first-order valence-corrected chi connectivity index (χ1v) is 6.74. The van der Waals surface area contributed by atoms with E-state index in [0.29, 0.717) is 16.1 Å². The Morgan fingerprint density at radius 1 is 1.19 bits per heavy atom. The minimum atomic E-state index is -0.400. The number of phenols is 1. The normalized spacial score (nSPS) is 10.8. The summed E-state index contributed by atoms with van der Waals surface area (Å²) in [6, 6.07) is 10.4. The number of halogens is 1. The molecule has 0 radical (unpaired) electrons. The lowest BCUT2D eigenvalue weighted by atomic mass is 10.1. The van der Waals surface area contributed by atoms with E-state index in [-0.39, 0.29) is 5.75 Å². The molecule has 4 nitrogen and oxygen atoms in total. The van der Waals surface area contributed by atoms with E-state index in [4.69, 9.17) is 11.6 Å². The van der Waals surface area contributed by atoms with Gasteiger partial charge in [0.05, 0.1) is 16.8 Å². The van der Waals surface area contributed by atoms with E-state index in [1.54, 1.807) is 30.3 Å². The number of carbonyl (C=O) groups excluding carboxylic acids is 1. The fourth-order valence-corrected chi connectivity index (χ4v) is 2.11. The Morgan fingerprint density at radius 3 is 2.52 bits per heavy atom. The van der Waals surface area contributed by atoms with Crippen LogP contribution >= 0.6 is 11.6 Å². The zero-order chi connectivity index (χ0) is 15.4. The van der Waals surface area contributed by atoms with Crippen LogP contribution in [0.4, 0.5) is 0 Å². The maximum absolute atomic E-state index is 11.9. The highest BCUT2D eigenvalue weighted by atomic mass is 35.5. The van der Waals surface area contributed by atoms with Gasteiger partial charge in [-0.3, -0.25) is 4.79 Å². The Bertz CT molecular complexity index is 711. The maximum Gasteiger partial charge on any atom is 0.272 e. The molecule has 0 saturated carbocycles. The molecule has 0 aliphatic heterocycles. The number of carbonyl (C=O) groups is 1. The van der Waals surface area contributed by atoms with Crippen molar-refractivity contribution in [1.82, 2.24) is 5.43 Å². The van der Waals surface area contributed by atoms with Crippen molar-refractivity contribution in [3.63, 3.8) is 0 Å². The Hall–Kier alpha value is -2.33. The Balaban J connectivity index is 2.08. The molecule has 2 aromatic carbocycles. The van der Waals surface area contributed by atoms with Crippen LogP contribution in [0.3, 0.4) is 0 Å². The quantitative estimate of drug-likeness (QED) is 0.674. The van der Waals surface area contributed by atoms with E-state index >= 15 is 0 Å². The van der Waals surface area contributed by atoms with Gasteiger partial charge in [-0.25, -0.2) is 5.43 Å². The van der Waals surface area contributed by atoms with E-state index < -0.39 is 5.91 Å². The molecule has 2 aromatic rings. The van der Waals surface area contributed by atoms with Gasteiger partial charge in [0.25, 0.3) is 5.91 Å². The second kappa shape index (κ2) is 6.41. The number of phenolic OH excluding ortho intramolecular Hbond substituents is 1. The smallest absolute Gasteiger partial charge is 0.272 e. The van der Waals surface area contributed by atoms with Crippen LogP contribution in [0, 0.1) is 13.8 Å². The lowest BCUT2D eigenvalue weighted by Gasteiger charge is -2.04. The first-order valence-electron chi connectivity index (χ1n) is 6.36. The van der Waals surface area contributed by atoms with Crippen LogP contribution in [-0.2, 0) is 0 Å². The molecule has 2 rings (SSSR count). The van der Waals surface area contributed by atoms with Crippen molar-refractivity contribution in [2.45, 2.75) is 13.8 Å². The van der Waals surface area contributed by atoms with E-state index in [2.05, 4.69) is 10.5 Å². The number of rotatable bonds is 3. The van der Waals surface area contributed by atoms with Crippen molar-refractivity contribution in [2.24, 2.45) is 5.10 Å². The van der Waals surface area contributed by atoms with Crippen LogP contribution in [0.1, 0.15) is 27.0 Å². The van der Waals surface area contributed by atoms with Crippen molar-refractivity contribution in [3.05, 3.63) is 63.7 Å². The topological polar surface area (TPSA) is 61.7 Å². The number of hydrazone groups is 1. The molecule has 0 atom stereocenters. The number of benzene rings is 2. The van der Waals surface area contributed by atoms with Crippen LogP contribution in [0.5, 0.6) is 5.75 Å². The number of hydrogen-bond donors (Lipinski definition) is 2. The SMILES string of the molecule is Cc1ccc(C=NNC(=O)c2ccc(C)cc2Cl)c(O)c1. The summed E-state index contributed by atoms with van der Waals surface area (Å²) in [5.41, 5.74) is 5.18. The average Bonchev–Trinajstić information content (AvgIpc) is 2.41. The minimum Gasteiger partial charge on any atom is -0.507 e. The summed E-state index contributed by atoms with van der Waals surface area (Å²) in [7, 11) is 0. The van der Waals surface area contributed by atoms with Crippen LogP contribution in [-0.4, -0.2) is 17.2 Å². The Labute approximate surface area is 128 Å². The largest absolute Gasteiger partial charge is 0.507 e. The van der Waals surface area contributed by atoms with Crippen molar-refractivity contribution >= 4 is 23.7 Å². The molecule has 0 aliphatic rings. The third kappa shape index (κ3) is 3.83. The lowest BCUT2D eigenvalue weighted by Crippen LogP contribution is -2.18. The van der Waals surface area contributed by atoms with E-state index in [0.717, 1.165) is 11.1 Å². The summed E-state index contributed by atoms with van der Waals surface area (Å²) < 4.78 is 0. The Morgan fingerprint density at radius 2 is 1.86 bits per heavy atom. The van der Waals surface area contributed by atoms with Crippen molar-refractivity contribution in [3.8, 4) is 5.75 Å². The number of aromatic hydroxyl groups is 1. The standard InChI is InChI=1S/C16H15ClN2O2/c1-10-4-6-13(14(17)7-10)16(21)19-18-9-12-5-3-11(2)8-15(12)20/h3-9,20H,1-2H3,(H,19,21). The number of amides is 1. The second-order valence-electron chi connectivity index (χ2n) is 4.74. The molecule has 2 N–H and O–H groups in total. The third-order valence-corrected chi connectivity index (χ3v) is 3.24. The zero-order valence-corrected chi connectivity index (χ0v) is 12.5. The summed E-state index contributed by atoms with van der Waals surface area (Å²) in [6.07, 6.45) is 1.38. The number of aryl methyl sites for hydroxylation is 2. The molecule has 0 unspecified atom stereocenters. The van der Waals surface area contributed by atoms with Crippen LogP contribution in [0.25, 0.3) is 0 Å². The molecule has 1 amide bonds. The number of nitrogens with zero attached hydrogens (tertiary/aromatic N) is 1. The summed E-state index contributed by atoms with van der Waals surface area (Å²) in [5.74, 6) is -0.288. The number of hydrogen-bond acceptors (Lipinski definition) is 3. The molecular weight excluding hydrogens is 288 g/mol. The summed E-state index contributed by atoms with van der Waals surface area (Å²) in [4.78, 5) is 11.9. The molecule has 0 aromatic heterocycles. The van der Waals surface area contributed by atoms with Gasteiger partial charge < -0.3 is 5.11 Å². The number of nitrogens with one attached hydrogen (secondary N) is 1. The van der Waals surface area contributed by atoms with Gasteiger partial charge >= 0.3 is 0 Å². The van der Waals surface area contributed by atoms with Crippen molar-refractivity contribution in [1.29, 1.82) is 0 Å². The second-order valence-corrected chi connectivity index (χ2v) is 5.15. The van der Waals surface area contributed by atoms with Gasteiger partial charge in [0, 0.05) is 5.56 Å². The van der Waals surface area contributed by atoms with Gasteiger partial charge in [-0.15, -0.1) is 0 Å². The molecule has 0 heterocycles. The van der Waals surface area contributed by atoms with Gasteiger partial charge in [-0.1, -0.05) is 23.7 Å². The van der Waals surface area contributed by atoms with E-state index in [1.165, 1.54) is 6.21 Å². The van der Waals surface area contributed by atoms with Gasteiger partial charge in [-0.05, 0) is 49.2 Å². The summed E-state index contributed by atoms with van der Waals surface area (Å²) >= 11 is 6.01. The maximum atomic E-state index is 11.9. The predicted octanol–water partition coefficient (Wildman–Crippen LogP) is 3.43. The zero-order valence-electron chi connectivity index (χ0n) is 11.7. The summed E-state index contributed by atoms with van der Waals surface area (Å²) in [5, 5.41) is 13.9. The molecular formula is C16H15ClN2O2.